The number of benzene rings is 1. The number of aryl methyl sites for hydroxylation is 1. The van der Waals surface area contributed by atoms with Crippen molar-refractivity contribution in [3.8, 4) is 5.75 Å². The average molecular weight is 387 g/mol. The first-order valence-corrected chi connectivity index (χ1v) is 9.35. The maximum atomic E-state index is 12.6. The van der Waals surface area contributed by atoms with E-state index in [2.05, 4.69) is 5.32 Å². The molecule has 1 saturated heterocycles. The molecule has 1 aliphatic heterocycles. The quantitative estimate of drug-likeness (QED) is 0.807. The Morgan fingerprint density at radius 2 is 2.00 bits per heavy atom. The summed E-state index contributed by atoms with van der Waals surface area (Å²) in [5.74, 6) is 1.67. The number of hydrogen-bond donors (Lipinski definition) is 1. The van der Waals surface area contributed by atoms with Gasteiger partial charge in [-0.15, -0.1) is 12.4 Å². The Morgan fingerprint density at radius 3 is 2.60 bits per heavy atom. The van der Waals surface area contributed by atoms with Crippen LogP contribution in [0, 0.1) is 12.8 Å². The lowest BCUT2D eigenvalue weighted by Gasteiger charge is -2.34. The van der Waals surface area contributed by atoms with Crippen molar-refractivity contribution in [2.75, 3.05) is 19.6 Å². The van der Waals surface area contributed by atoms with Crippen LogP contribution in [0.2, 0.25) is 5.02 Å². The van der Waals surface area contributed by atoms with Crippen LogP contribution >= 0.6 is 24.0 Å². The zero-order valence-corrected chi connectivity index (χ0v) is 16.5. The lowest BCUT2D eigenvalue weighted by Crippen LogP contribution is -2.48. The summed E-state index contributed by atoms with van der Waals surface area (Å²) in [6, 6.07) is 6.05. The second-order valence-corrected chi connectivity index (χ2v) is 7.53. The molecular weight excluding hydrogens is 359 g/mol. The van der Waals surface area contributed by atoms with E-state index in [-0.39, 0.29) is 18.3 Å². The fourth-order valence-electron chi connectivity index (χ4n) is 3.16. The molecule has 1 atom stereocenters. The number of piperidine rings is 1. The minimum absolute atomic E-state index is 0. The number of hydrogen-bond acceptors (Lipinski definition) is 3. The molecule has 1 aromatic carbocycles. The Bertz CT molecular complexity index is 585. The second kappa shape index (κ2) is 9.11. The van der Waals surface area contributed by atoms with Crippen LogP contribution in [0.5, 0.6) is 5.75 Å². The normalized spacial score (nSPS) is 19.2. The minimum atomic E-state index is -0.471. The molecule has 1 amide bonds. The zero-order valence-electron chi connectivity index (χ0n) is 15.0. The number of carbonyl (C=O) groups is 1. The van der Waals surface area contributed by atoms with Crippen molar-refractivity contribution in [3.05, 3.63) is 28.8 Å². The molecule has 3 rings (SSSR count). The van der Waals surface area contributed by atoms with Crippen LogP contribution in [-0.2, 0) is 4.79 Å². The molecule has 140 valence electrons. The lowest BCUT2D eigenvalue weighted by molar-refractivity contribution is -0.139. The van der Waals surface area contributed by atoms with E-state index in [1.54, 1.807) is 6.07 Å². The Hall–Kier alpha value is -0.970. The highest BCUT2D eigenvalue weighted by atomic mass is 35.5. The van der Waals surface area contributed by atoms with E-state index in [9.17, 15) is 4.79 Å². The van der Waals surface area contributed by atoms with Crippen LogP contribution in [0.4, 0.5) is 0 Å². The van der Waals surface area contributed by atoms with Crippen molar-refractivity contribution >= 4 is 29.9 Å². The van der Waals surface area contributed by atoms with Crippen LogP contribution in [0.1, 0.15) is 38.2 Å². The minimum Gasteiger partial charge on any atom is -0.481 e. The van der Waals surface area contributed by atoms with E-state index in [1.165, 1.54) is 12.8 Å². The van der Waals surface area contributed by atoms with Gasteiger partial charge in [-0.2, -0.15) is 0 Å². The number of carbonyl (C=O) groups excluding carboxylic acids is 1. The van der Waals surface area contributed by atoms with Gasteiger partial charge in [0.15, 0.2) is 6.10 Å². The third-order valence-electron chi connectivity index (χ3n) is 4.99. The number of nitrogens with zero attached hydrogens (tertiary/aromatic N) is 1. The first-order valence-electron chi connectivity index (χ1n) is 8.98. The molecule has 0 spiro atoms. The van der Waals surface area contributed by atoms with Crippen LogP contribution < -0.4 is 10.1 Å². The second-order valence-electron chi connectivity index (χ2n) is 7.12. The van der Waals surface area contributed by atoms with Crippen molar-refractivity contribution in [3.63, 3.8) is 0 Å². The van der Waals surface area contributed by atoms with E-state index in [0.717, 1.165) is 44.0 Å². The van der Waals surface area contributed by atoms with Gasteiger partial charge < -0.3 is 15.0 Å². The van der Waals surface area contributed by atoms with Gasteiger partial charge in [0.2, 0.25) is 0 Å². The van der Waals surface area contributed by atoms with Crippen LogP contribution in [0.25, 0.3) is 0 Å². The monoisotopic (exact) mass is 386 g/mol. The number of rotatable bonds is 6. The van der Waals surface area contributed by atoms with E-state index in [1.807, 2.05) is 30.9 Å². The molecule has 1 aromatic rings. The fraction of sp³-hybridized carbons (Fsp3) is 0.632. The van der Waals surface area contributed by atoms with Crippen molar-refractivity contribution in [2.45, 2.75) is 51.7 Å². The number of halogens is 2. The number of ether oxygens (including phenoxy) is 1. The van der Waals surface area contributed by atoms with Crippen LogP contribution in [-0.4, -0.2) is 42.6 Å². The molecule has 1 saturated carbocycles. The number of likely N-dealkylation sites (tertiary alicyclic amines) is 1. The van der Waals surface area contributed by atoms with Crippen LogP contribution in [0.15, 0.2) is 18.2 Å². The van der Waals surface area contributed by atoms with Gasteiger partial charge >= 0.3 is 0 Å². The third-order valence-corrected chi connectivity index (χ3v) is 5.41. The molecule has 0 aromatic heterocycles. The highest BCUT2D eigenvalue weighted by Gasteiger charge is 2.28. The molecule has 2 fully saturated rings. The van der Waals surface area contributed by atoms with Gasteiger partial charge in [0, 0.05) is 24.2 Å². The molecule has 6 heteroatoms. The maximum Gasteiger partial charge on any atom is 0.263 e. The number of nitrogens with one attached hydrogen (secondary N) is 1. The largest absolute Gasteiger partial charge is 0.481 e. The van der Waals surface area contributed by atoms with Gasteiger partial charge in [0.25, 0.3) is 5.91 Å². The highest BCUT2D eigenvalue weighted by molar-refractivity contribution is 6.31. The van der Waals surface area contributed by atoms with Gasteiger partial charge in [-0.1, -0.05) is 11.6 Å². The summed E-state index contributed by atoms with van der Waals surface area (Å²) in [5.41, 5.74) is 0.955. The van der Waals surface area contributed by atoms with E-state index < -0.39 is 6.10 Å². The van der Waals surface area contributed by atoms with E-state index in [0.29, 0.717) is 16.8 Å². The van der Waals surface area contributed by atoms with Crippen molar-refractivity contribution in [2.24, 2.45) is 5.92 Å². The SMILES string of the molecule is Cc1cc(OC(C)C(=O)N2CCC(NCC3CC3)CC2)ccc1Cl.Cl. The molecule has 1 unspecified atom stereocenters. The maximum absolute atomic E-state index is 12.6. The predicted molar refractivity (Wildman–Crippen MR) is 104 cm³/mol. The van der Waals surface area contributed by atoms with E-state index >= 15 is 0 Å². The summed E-state index contributed by atoms with van der Waals surface area (Å²) in [5, 5.41) is 4.35. The molecule has 2 aliphatic rings. The first-order chi connectivity index (χ1) is 11.5. The highest BCUT2D eigenvalue weighted by Crippen LogP contribution is 2.28. The van der Waals surface area contributed by atoms with Crippen molar-refractivity contribution < 1.29 is 9.53 Å². The molecule has 0 radical (unpaired) electrons. The summed E-state index contributed by atoms with van der Waals surface area (Å²) >= 11 is 6.03. The zero-order chi connectivity index (χ0) is 17.1. The molecule has 0 bridgehead atoms. The topological polar surface area (TPSA) is 41.6 Å². The summed E-state index contributed by atoms with van der Waals surface area (Å²) < 4.78 is 5.81. The Kier molecular flexibility index (Phi) is 7.41. The molecule has 1 N–H and O–H groups in total. The standard InChI is InChI=1S/C19H27ClN2O2.ClH/c1-13-11-17(5-6-18(13)20)24-14(2)19(23)22-9-7-16(8-10-22)21-12-15-3-4-15;/h5-6,11,14-16,21H,3-4,7-10,12H2,1-2H3;1H. The summed E-state index contributed by atoms with van der Waals surface area (Å²) in [6.45, 7) is 6.53. The van der Waals surface area contributed by atoms with Gasteiger partial charge in [-0.25, -0.2) is 0 Å². The molecular formula is C19H28Cl2N2O2. The van der Waals surface area contributed by atoms with Gasteiger partial charge in [0.05, 0.1) is 0 Å². The molecule has 1 heterocycles. The molecule has 4 nitrogen and oxygen atoms in total. The average Bonchev–Trinajstić information content (AvgIpc) is 3.40. The fourth-order valence-corrected chi connectivity index (χ4v) is 3.28. The van der Waals surface area contributed by atoms with Crippen molar-refractivity contribution in [1.82, 2.24) is 10.2 Å². The lowest BCUT2D eigenvalue weighted by atomic mass is 10.0. The summed E-state index contributed by atoms with van der Waals surface area (Å²) in [7, 11) is 0. The van der Waals surface area contributed by atoms with Crippen molar-refractivity contribution in [1.29, 1.82) is 0 Å². The molecule has 1 aliphatic carbocycles. The summed E-state index contributed by atoms with van der Waals surface area (Å²) in [6.07, 6.45) is 4.35. The summed E-state index contributed by atoms with van der Waals surface area (Å²) in [4.78, 5) is 14.5. The van der Waals surface area contributed by atoms with Gasteiger partial charge in [-0.3, -0.25) is 4.79 Å². The first kappa shape index (κ1) is 20.3. The Balaban J connectivity index is 0.00000225. The molecule has 25 heavy (non-hydrogen) atoms. The predicted octanol–water partition coefficient (Wildman–Crippen LogP) is 3.83. The smallest absolute Gasteiger partial charge is 0.263 e. The van der Waals surface area contributed by atoms with Gasteiger partial charge in [-0.05, 0) is 75.8 Å². The third kappa shape index (κ3) is 5.77. The Morgan fingerprint density at radius 1 is 1.32 bits per heavy atom. The number of amides is 1. The van der Waals surface area contributed by atoms with Gasteiger partial charge in [0.1, 0.15) is 5.75 Å². The van der Waals surface area contributed by atoms with Crippen LogP contribution in [0.3, 0.4) is 0 Å². The Labute approximate surface area is 161 Å². The van der Waals surface area contributed by atoms with E-state index in [4.69, 9.17) is 16.3 Å².